The van der Waals surface area contributed by atoms with Gasteiger partial charge in [0, 0.05) is 5.69 Å². The topological polar surface area (TPSA) is 121 Å². The molecular weight excluding hydrogens is 450 g/mol. The minimum atomic E-state index is -3.82. The van der Waals surface area contributed by atoms with Gasteiger partial charge < -0.3 is 5.32 Å². The van der Waals surface area contributed by atoms with Crippen LogP contribution in [0, 0.1) is 13.8 Å². The van der Waals surface area contributed by atoms with Crippen molar-refractivity contribution in [1.29, 1.82) is 0 Å². The van der Waals surface area contributed by atoms with Crippen LogP contribution in [-0.2, 0) is 20.0 Å². The molecule has 3 rings (SSSR count). The van der Waals surface area contributed by atoms with E-state index in [1.54, 1.807) is 18.2 Å². The Balaban J connectivity index is 1.78. The standard InChI is InChI=1S/C22H23N3O5S2/c1-15-8-9-16(2)21(14-15)25-32(29,30)18-12-10-17(11-13-18)23-22(26)19-6-4-5-7-20(19)24-31(3,27)28/h4-14,24-25H,1-3H3,(H,23,26). The Kier molecular flexibility index (Phi) is 6.56. The van der Waals surface area contributed by atoms with Gasteiger partial charge in [0.25, 0.3) is 15.9 Å². The van der Waals surface area contributed by atoms with E-state index in [-0.39, 0.29) is 16.1 Å². The van der Waals surface area contributed by atoms with E-state index in [1.807, 2.05) is 26.0 Å². The van der Waals surface area contributed by atoms with E-state index in [4.69, 9.17) is 0 Å². The normalized spacial score (nSPS) is 11.6. The third-order valence-electron chi connectivity index (χ3n) is 4.53. The molecular formula is C22H23N3O5S2. The zero-order chi connectivity index (χ0) is 23.5. The highest BCUT2D eigenvalue weighted by Crippen LogP contribution is 2.23. The Bertz CT molecular complexity index is 1370. The Morgan fingerprint density at radius 1 is 0.781 bits per heavy atom. The number of benzene rings is 3. The molecule has 10 heteroatoms. The maximum absolute atomic E-state index is 12.7. The maximum atomic E-state index is 12.7. The van der Waals surface area contributed by atoms with Gasteiger partial charge in [0.1, 0.15) is 0 Å². The third-order valence-corrected chi connectivity index (χ3v) is 6.50. The Morgan fingerprint density at radius 2 is 1.44 bits per heavy atom. The van der Waals surface area contributed by atoms with E-state index in [0.29, 0.717) is 11.4 Å². The molecule has 0 radical (unpaired) electrons. The summed E-state index contributed by atoms with van der Waals surface area (Å²) in [6, 6.07) is 17.3. The maximum Gasteiger partial charge on any atom is 0.261 e. The molecule has 1 amide bonds. The summed E-state index contributed by atoms with van der Waals surface area (Å²) >= 11 is 0. The monoisotopic (exact) mass is 473 g/mol. The lowest BCUT2D eigenvalue weighted by molar-refractivity contribution is 0.102. The molecule has 0 saturated heterocycles. The van der Waals surface area contributed by atoms with E-state index >= 15 is 0 Å². The van der Waals surface area contributed by atoms with Gasteiger partial charge in [-0.1, -0.05) is 24.3 Å². The van der Waals surface area contributed by atoms with Gasteiger partial charge in [-0.2, -0.15) is 0 Å². The summed E-state index contributed by atoms with van der Waals surface area (Å²) in [7, 11) is -7.38. The molecule has 0 aliphatic rings. The van der Waals surface area contributed by atoms with Crippen LogP contribution < -0.4 is 14.8 Å². The Labute approximate surface area is 187 Å². The van der Waals surface area contributed by atoms with E-state index in [1.165, 1.54) is 36.4 Å². The summed E-state index contributed by atoms with van der Waals surface area (Å²) in [4.78, 5) is 12.7. The number of rotatable bonds is 7. The number of carbonyl (C=O) groups is 1. The van der Waals surface area contributed by atoms with E-state index < -0.39 is 26.0 Å². The first-order valence-electron chi connectivity index (χ1n) is 9.53. The second-order valence-corrected chi connectivity index (χ2v) is 10.8. The third kappa shape index (κ3) is 5.86. The molecule has 0 saturated carbocycles. The Morgan fingerprint density at radius 3 is 2.09 bits per heavy atom. The second-order valence-electron chi connectivity index (χ2n) is 7.32. The van der Waals surface area contributed by atoms with Gasteiger partial charge in [0.05, 0.1) is 28.1 Å². The van der Waals surface area contributed by atoms with Crippen molar-refractivity contribution in [2.75, 3.05) is 21.0 Å². The van der Waals surface area contributed by atoms with Gasteiger partial charge in [-0.05, 0) is 67.4 Å². The van der Waals surface area contributed by atoms with Crippen molar-refractivity contribution in [3.63, 3.8) is 0 Å². The molecule has 0 aliphatic heterocycles. The first-order valence-corrected chi connectivity index (χ1v) is 12.9. The van der Waals surface area contributed by atoms with Crippen LogP contribution >= 0.6 is 0 Å². The number of carbonyl (C=O) groups excluding carboxylic acids is 1. The summed E-state index contributed by atoms with van der Waals surface area (Å²) in [5.41, 5.74) is 2.85. The zero-order valence-electron chi connectivity index (χ0n) is 17.7. The molecule has 0 aromatic heterocycles. The lowest BCUT2D eigenvalue weighted by atomic mass is 10.1. The Hall–Kier alpha value is -3.37. The molecule has 0 fully saturated rings. The fraction of sp³-hybridized carbons (Fsp3) is 0.136. The largest absolute Gasteiger partial charge is 0.322 e. The van der Waals surface area contributed by atoms with Crippen molar-refractivity contribution < 1.29 is 21.6 Å². The van der Waals surface area contributed by atoms with E-state index in [0.717, 1.165) is 17.4 Å². The number of nitrogens with one attached hydrogen (secondary N) is 3. The fourth-order valence-corrected chi connectivity index (χ4v) is 4.63. The lowest BCUT2D eigenvalue weighted by Gasteiger charge is -2.13. The lowest BCUT2D eigenvalue weighted by Crippen LogP contribution is -2.17. The summed E-state index contributed by atoms with van der Waals surface area (Å²) in [5, 5.41) is 2.64. The summed E-state index contributed by atoms with van der Waals surface area (Å²) in [6.07, 6.45) is 0.993. The van der Waals surface area contributed by atoms with Gasteiger partial charge in [0.15, 0.2) is 0 Å². The molecule has 0 heterocycles. The van der Waals surface area contributed by atoms with Crippen LogP contribution in [-0.4, -0.2) is 29.0 Å². The first-order chi connectivity index (χ1) is 14.9. The first kappa shape index (κ1) is 23.3. The molecule has 0 unspecified atom stereocenters. The van der Waals surface area contributed by atoms with Crippen LogP contribution in [0.1, 0.15) is 21.5 Å². The van der Waals surface area contributed by atoms with E-state index in [9.17, 15) is 21.6 Å². The minimum absolute atomic E-state index is 0.0375. The van der Waals surface area contributed by atoms with Crippen molar-refractivity contribution in [2.24, 2.45) is 0 Å². The smallest absolute Gasteiger partial charge is 0.261 e. The van der Waals surface area contributed by atoms with Crippen molar-refractivity contribution >= 4 is 43.0 Å². The number of hydrogen-bond donors (Lipinski definition) is 3. The van der Waals surface area contributed by atoms with Gasteiger partial charge in [-0.3, -0.25) is 14.2 Å². The molecule has 0 aliphatic carbocycles. The predicted molar refractivity (Wildman–Crippen MR) is 126 cm³/mol. The van der Waals surface area contributed by atoms with Crippen molar-refractivity contribution in [2.45, 2.75) is 18.7 Å². The van der Waals surface area contributed by atoms with Crippen molar-refractivity contribution in [3.8, 4) is 0 Å². The molecule has 0 atom stereocenters. The number of para-hydroxylation sites is 1. The molecule has 3 aromatic rings. The number of anilines is 3. The number of amides is 1. The van der Waals surface area contributed by atoms with Gasteiger partial charge >= 0.3 is 0 Å². The van der Waals surface area contributed by atoms with Gasteiger partial charge in [0.2, 0.25) is 10.0 Å². The van der Waals surface area contributed by atoms with Gasteiger partial charge in [-0.15, -0.1) is 0 Å². The van der Waals surface area contributed by atoms with E-state index in [2.05, 4.69) is 14.8 Å². The summed E-state index contributed by atoms with van der Waals surface area (Å²) in [6.45, 7) is 3.69. The van der Waals surface area contributed by atoms with Crippen LogP contribution in [0.2, 0.25) is 0 Å². The fourth-order valence-electron chi connectivity index (χ4n) is 2.94. The SMILES string of the molecule is Cc1ccc(C)c(NS(=O)(=O)c2ccc(NC(=O)c3ccccc3NS(C)(=O)=O)cc2)c1. The predicted octanol–water partition coefficient (Wildman–Crippen LogP) is 3.73. The van der Waals surface area contributed by atoms with Crippen LogP contribution in [0.3, 0.4) is 0 Å². The molecule has 8 nitrogen and oxygen atoms in total. The highest BCUT2D eigenvalue weighted by Gasteiger charge is 2.17. The average Bonchev–Trinajstić information content (AvgIpc) is 2.70. The highest BCUT2D eigenvalue weighted by atomic mass is 32.2. The molecule has 0 bridgehead atoms. The average molecular weight is 474 g/mol. The summed E-state index contributed by atoms with van der Waals surface area (Å²) in [5.74, 6) is -0.541. The molecule has 32 heavy (non-hydrogen) atoms. The van der Waals surface area contributed by atoms with Crippen LogP contribution in [0.4, 0.5) is 17.1 Å². The van der Waals surface area contributed by atoms with Crippen LogP contribution in [0.15, 0.2) is 71.6 Å². The molecule has 3 N–H and O–H groups in total. The molecule has 3 aromatic carbocycles. The number of hydrogen-bond acceptors (Lipinski definition) is 5. The number of sulfonamides is 2. The van der Waals surface area contributed by atoms with Crippen LogP contribution in [0.25, 0.3) is 0 Å². The second kappa shape index (κ2) is 9.01. The quantitative estimate of drug-likeness (QED) is 0.483. The molecule has 0 spiro atoms. The zero-order valence-corrected chi connectivity index (χ0v) is 19.3. The minimum Gasteiger partial charge on any atom is -0.322 e. The number of aryl methyl sites for hydroxylation is 2. The van der Waals surface area contributed by atoms with Crippen molar-refractivity contribution in [3.05, 3.63) is 83.4 Å². The van der Waals surface area contributed by atoms with Crippen LogP contribution in [0.5, 0.6) is 0 Å². The highest BCUT2D eigenvalue weighted by molar-refractivity contribution is 7.92. The summed E-state index contributed by atoms with van der Waals surface area (Å²) < 4.78 is 53.4. The van der Waals surface area contributed by atoms with Gasteiger partial charge in [-0.25, -0.2) is 16.8 Å². The van der Waals surface area contributed by atoms with Crippen molar-refractivity contribution in [1.82, 2.24) is 0 Å². The molecule has 168 valence electrons.